The first kappa shape index (κ1) is 7.67. The normalized spacial score (nSPS) is 15.7. The average molecular weight is 183 g/mol. The monoisotopic (exact) mass is 183 g/mol. The van der Waals surface area contributed by atoms with Crippen molar-refractivity contribution in [3.05, 3.63) is 16.4 Å². The molecule has 0 atom stereocenters. The van der Waals surface area contributed by atoms with Crippen molar-refractivity contribution in [2.45, 2.75) is 18.1 Å². The van der Waals surface area contributed by atoms with Crippen LogP contribution in [0.5, 0.6) is 0 Å². The molecule has 0 spiro atoms. The number of fused-ring (bicyclic) bond motifs is 1. The first-order chi connectivity index (χ1) is 5.77. The van der Waals surface area contributed by atoms with Crippen molar-refractivity contribution in [3.63, 3.8) is 0 Å². The summed E-state index contributed by atoms with van der Waals surface area (Å²) in [5.41, 5.74) is 5.41. The van der Waals surface area contributed by atoms with E-state index in [9.17, 15) is 4.79 Å². The molecule has 0 aromatic carbocycles. The summed E-state index contributed by atoms with van der Waals surface area (Å²) < 4.78 is 1.88. The highest BCUT2D eigenvalue weighted by Gasteiger charge is 2.11. The van der Waals surface area contributed by atoms with Gasteiger partial charge in [-0.05, 0) is 6.42 Å². The second-order valence-electron chi connectivity index (χ2n) is 2.66. The second-order valence-corrected chi connectivity index (χ2v) is 3.72. The van der Waals surface area contributed by atoms with Gasteiger partial charge in [-0.15, -0.1) is 0 Å². The van der Waals surface area contributed by atoms with Gasteiger partial charge in [0.2, 0.25) is 0 Å². The Labute approximate surface area is 73.8 Å². The van der Waals surface area contributed by atoms with E-state index in [4.69, 9.17) is 5.73 Å². The van der Waals surface area contributed by atoms with Crippen LogP contribution in [-0.4, -0.2) is 15.3 Å². The van der Waals surface area contributed by atoms with Crippen LogP contribution in [0.25, 0.3) is 0 Å². The summed E-state index contributed by atoms with van der Waals surface area (Å²) in [5.74, 6) is 1.55. The Kier molecular flexibility index (Phi) is 1.80. The summed E-state index contributed by atoms with van der Waals surface area (Å²) >= 11 is 1.59. The van der Waals surface area contributed by atoms with E-state index in [1.54, 1.807) is 11.8 Å². The maximum atomic E-state index is 10.9. The molecule has 0 bridgehead atoms. The summed E-state index contributed by atoms with van der Waals surface area (Å²) in [6, 6.07) is 1.37. The van der Waals surface area contributed by atoms with Crippen molar-refractivity contribution in [3.8, 4) is 0 Å². The van der Waals surface area contributed by atoms with Crippen molar-refractivity contribution < 1.29 is 0 Å². The van der Waals surface area contributed by atoms with Gasteiger partial charge in [-0.25, -0.2) is 0 Å². The highest BCUT2D eigenvalue weighted by molar-refractivity contribution is 7.99. The molecule has 1 aromatic rings. The first-order valence-electron chi connectivity index (χ1n) is 3.77. The van der Waals surface area contributed by atoms with Crippen LogP contribution in [0, 0.1) is 0 Å². The van der Waals surface area contributed by atoms with Gasteiger partial charge in [-0.3, -0.25) is 4.79 Å². The van der Waals surface area contributed by atoms with E-state index in [0.29, 0.717) is 5.82 Å². The molecule has 64 valence electrons. The highest BCUT2D eigenvalue weighted by atomic mass is 32.2. The molecule has 0 saturated heterocycles. The van der Waals surface area contributed by atoms with Crippen molar-refractivity contribution in [1.29, 1.82) is 0 Å². The number of hydrogen-bond acceptors (Lipinski definition) is 4. The Morgan fingerprint density at radius 3 is 3.33 bits per heavy atom. The molecule has 0 unspecified atom stereocenters. The van der Waals surface area contributed by atoms with Crippen molar-refractivity contribution >= 4 is 17.6 Å². The quantitative estimate of drug-likeness (QED) is 0.588. The summed E-state index contributed by atoms with van der Waals surface area (Å²) in [4.78, 5) is 14.8. The lowest BCUT2D eigenvalue weighted by Gasteiger charge is -2.18. The van der Waals surface area contributed by atoms with Gasteiger partial charge >= 0.3 is 0 Å². The molecule has 0 aliphatic carbocycles. The number of nitrogens with zero attached hydrogens (tertiary/aromatic N) is 2. The number of rotatable bonds is 0. The predicted octanol–water partition coefficient (Wildman–Crippen LogP) is 0.321. The maximum absolute atomic E-state index is 10.9. The molecular weight excluding hydrogens is 174 g/mol. The van der Waals surface area contributed by atoms with Crippen molar-refractivity contribution in [2.75, 3.05) is 11.5 Å². The maximum Gasteiger partial charge on any atom is 0.275 e. The second kappa shape index (κ2) is 2.82. The zero-order valence-corrected chi connectivity index (χ0v) is 7.30. The third kappa shape index (κ3) is 1.20. The smallest absolute Gasteiger partial charge is 0.275 e. The van der Waals surface area contributed by atoms with Crippen molar-refractivity contribution in [2.24, 2.45) is 0 Å². The predicted molar refractivity (Wildman–Crippen MR) is 48.3 cm³/mol. The van der Waals surface area contributed by atoms with Crippen LogP contribution in [-0.2, 0) is 6.54 Å². The molecule has 1 aliphatic rings. The molecule has 0 fully saturated rings. The van der Waals surface area contributed by atoms with Gasteiger partial charge in [0.1, 0.15) is 5.82 Å². The minimum atomic E-state index is -0.242. The molecule has 2 N–H and O–H groups in total. The molecule has 12 heavy (non-hydrogen) atoms. The van der Waals surface area contributed by atoms with Gasteiger partial charge in [0.05, 0.1) is 0 Å². The zero-order chi connectivity index (χ0) is 8.55. The number of aromatic nitrogens is 2. The molecule has 1 aliphatic heterocycles. The molecule has 4 nitrogen and oxygen atoms in total. The van der Waals surface area contributed by atoms with E-state index in [2.05, 4.69) is 4.98 Å². The standard InChI is InChI=1S/C7H9N3OS/c8-5-4-6(11)9-7-10(5)2-1-3-12-7/h4H,1-3,8H2. The number of nitrogens with two attached hydrogens (primary N) is 1. The zero-order valence-electron chi connectivity index (χ0n) is 6.49. The van der Waals surface area contributed by atoms with Crippen LogP contribution in [0.3, 0.4) is 0 Å². The fourth-order valence-electron chi connectivity index (χ4n) is 1.22. The van der Waals surface area contributed by atoms with E-state index in [0.717, 1.165) is 23.9 Å². The Morgan fingerprint density at radius 1 is 1.67 bits per heavy atom. The van der Waals surface area contributed by atoms with Gasteiger partial charge < -0.3 is 10.3 Å². The fraction of sp³-hybridized carbons (Fsp3) is 0.429. The van der Waals surface area contributed by atoms with Crippen molar-refractivity contribution in [1.82, 2.24) is 9.55 Å². The molecule has 1 aromatic heterocycles. The molecular formula is C7H9N3OS. The first-order valence-corrected chi connectivity index (χ1v) is 4.76. The molecule has 2 heterocycles. The fourth-order valence-corrected chi connectivity index (χ4v) is 2.19. The average Bonchev–Trinajstić information content (AvgIpc) is 2.04. The number of hydrogen-bond donors (Lipinski definition) is 1. The van der Waals surface area contributed by atoms with Crippen LogP contribution in [0.1, 0.15) is 6.42 Å². The van der Waals surface area contributed by atoms with Gasteiger partial charge in [0, 0.05) is 18.4 Å². The highest BCUT2D eigenvalue weighted by Crippen LogP contribution is 2.23. The number of nitrogen functional groups attached to an aromatic ring is 1. The molecule has 5 heteroatoms. The van der Waals surface area contributed by atoms with E-state index in [1.807, 2.05) is 4.57 Å². The van der Waals surface area contributed by atoms with Gasteiger partial charge in [0.15, 0.2) is 5.16 Å². The Balaban J connectivity index is 2.60. The Bertz CT molecular complexity index is 360. The summed E-state index contributed by atoms with van der Waals surface area (Å²) in [7, 11) is 0. The number of anilines is 1. The molecule has 2 rings (SSSR count). The van der Waals surface area contributed by atoms with Gasteiger partial charge in [-0.2, -0.15) is 4.98 Å². The summed E-state index contributed by atoms with van der Waals surface area (Å²) in [5, 5.41) is 0.756. The van der Waals surface area contributed by atoms with E-state index in [-0.39, 0.29) is 5.56 Å². The largest absolute Gasteiger partial charge is 0.385 e. The lowest BCUT2D eigenvalue weighted by molar-refractivity contribution is 0.587. The minimum absolute atomic E-state index is 0.242. The van der Waals surface area contributed by atoms with Gasteiger partial charge in [-0.1, -0.05) is 11.8 Å². The van der Waals surface area contributed by atoms with Gasteiger partial charge in [0.25, 0.3) is 5.56 Å². The lowest BCUT2D eigenvalue weighted by Crippen LogP contribution is -2.20. The third-order valence-electron chi connectivity index (χ3n) is 1.78. The van der Waals surface area contributed by atoms with Crippen LogP contribution in [0.2, 0.25) is 0 Å². The number of thioether (sulfide) groups is 1. The molecule has 0 radical (unpaired) electrons. The molecule has 0 saturated carbocycles. The summed E-state index contributed by atoms with van der Waals surface area (Å²) in [6.07, 6.45) is 1.09. The summed E-state index contributed by atoms with van der Waals surface area (Å²) in [6.45, 7) is 0.876. The minimum Gasteiger partial charge on any atom is -0.385 e. The van der Waals surface area contributed by atoms with E-state index in [1.165, 1.54) is 6.07 Å². The SMILES string of the molecule is Nc1cc(=O)nc2n1CCCS2. The third-order valence-corrected chi connectivity index (χ3v) is 2.84. The van der Waals surface area contributed by atoms with Crippen LogP contribution >= 0.6 is 11.8 Å². The van der Waals surface area contributed by atoms with Crippen LogP contribution < -0.4 is 11.3 Å². The molecule has 0 amide bonds. The topological polar surface area (TPSA) is 60.9 Å². The lowest BCUT2D eigenvalue weighted by atomic mass is 10.4. The van der Waals surface area contributed by atoms with Crippen LogP contribution in [0.4, 0.5) is 5.82 Å². The Hall–Kier alpha value is -0.970. The van der Waals surface area contributed by atoms with E-state index < -0.39 is 0 Å². The Morgan fingerprint density at radius 2 is 2.50 bits per heavy atom. The van der Waals surface area contributed by atoms with E-state index >= 15 is 0 Å². The van der Waals surface area contributed by atoms with Crippen LogP contribution in [0.15, 0.2) is 16.0 Å².